The molecule has 0 saturated carbocycles. The highest BCUT2D eigenvalue weighted by Crippen LogP contribution is 2.33. The first-order chi connectivity index (χ1) is 8.34. The zero-order valence-electron chi connectivity index (χ0n) is 9.53. The number of benzene rings is 1. The second kappa shape index (κ2) is 4.63. The van der Waals surface area contributed by atoms with Crippen molar-refractivity contribution in [3.05, 3.63) is 41.0 Å². The van der Waals surface area contributed by atoms with Gasteiger partial charge < -0.3 is 4.74 Å². The van der Waals surface area contributed by atoms with Crippen LogP contribution < -0.4 is 0 Å². The molecule has 0 N–H and O–H groups in total. The number of aromatic nitrogens is 1. The summed E-state index contributed by atoms with van der Waals surface area (Å²) in [6.45, 7) is 0.846. The van der Waals surface area contributed by atoms with Crippen LogP contribution in [0.2, 0.25) is 5.15 Å². The Morgan fingerprint density at radius 3 is 2.94 bits per heavy atom. The third-order valence-corrected chi connectivity index (χ3v) is 3.44. The summed E-state index contributed by atoms with van der Waals surface area (Å²) in [6.07, 6.45) is 3.63. The first kappa shape index (κ1) is 11.0. The maximum atomic E-state index is 6.08. The predicted octanol–water partition coefficient (Wildman–Crippen LogP) is 4.13. The average Bonchev–Trinajstić information content (AvgIpc) is 2.39. The Balaban J connectivity index is 2.13. The number of hydrogen-bond acceptors (Lipinski definition) is 2. The molecule has 1 aliphatic rings. The molecule has 1 aliphatic heterocycles. The first-order valence-corrected chi connectivity index (χ1v) is 6.39. The zero-order valence-corrected chi connectivity index (χ0v) is 10.3. The van der Waals surface area contributed by atoms with Crippen LogP contribution in [0.3, 0.4) is 0 Å². The Labute approximate surface area is 106 Å². The van der Waals surface area contributed by atoms with E-state index < -0.39 is 0 Å². The molecule has 0 radical (unpaired) electrons. The van der Waals surface area contributed by atoms with Gasteiger partial charge in [0.25, 0.3) is 0 Å². The Bertz CT molecular complexity index is 535. The fraction of sp³-hybridized carbons (Fsp3) is 0.357. The maximum absolute atomic E-state index is 6.08. The number of para-hydroxylation sites is 1. The van der Waals surface area contributed by atoms with E-state index >= 15 is 0 Å². The van der Waals surface area contributed by atoms with Crippen LogP contribution in [-0.4, -0.2) is 11.6 Å². The molecule has 1 fully saturated rings. The molecular formula is C14H14ClNO. The quantitative estimate of drug-likeness (QED) is 0.707. The fourth-order valence-corrected chi connectivity index (χ4v) is 2.63. The maximum Gasteiger partial charge on any atom is 0.130 e. The normalized spacial score (nSPS) is 20.6. The van der Waals surface area contributed by atoms with E-state index in [9.17, 15) is 0 Å². The lowest BCUT2D eigenvalue weighted by Crippen LogP contribution is -2.12. The highest BCUT2D eigenvalue weighted by molar-refractivity contribution is 6.29. The molecule has 2 nitrogen and oxygen atoms in total. The van der Waals surface area contributed by atoms with Crippen molar-refractivity contribution in [2.75, 3.05) is 6.61 Å². The van der Waals surface area contributed by atoms with Crippen molar-refractivity contribution >= 4 is 22.5 Å². The first-order valence-electron chi connectivity index (χ1n) is 6.01. The van der Waals surface area contributed by atoms with Crippen LogP contribution in [0.5, 0.6) is 0 Å². The Kier molecular flexibility index (Phi) is 3.00. The molecule has 0 unspecified atom stereocenters. The van der Waals surface area contributed by atoms with Crippen molar-refractivity contribution < 1.29 is 4.74 Å². The second-order valence-electron chi connectivity index (χ2n) is 4.41. The van der Waals surface area contributed by atoms with Gasteiger partial charge in [0.1, 0.15) is 5.15 Å². The third-order valence-electron chi connectivity index (χ3n) is 3.24. The molecule has 2 aromatic rings. The number of ether oxygens (including phenoxy) is 1. The summed E-state index contributed by atoms with van der Waals surface area (Å²) < 4.78 is 5.84. The molecule has 1 aromatic heterocycles. The second-order valence-corrected chi connectivity index (χ2v) is 4.79. The molecule has 1 aromatic carbocycles. The molecule has 0 spiro atoms. The number of rotatable bonds is 1. The van der Waals surface area contributed by atoms with Crippen LogP contribution in [0.25, 0.3) is 10.9 Å². The number of hydrogen-bond donors (Lipinski definition) is 0. The molecule has 1 saturated heterocycles. The van der Waals surface area contributed by atoms with E-state index in [1.165, 1.54) is 12.0 Å². The van der Waals surface area contributed by atoms with E-state index in [0.29, 0.717) is 5.15 Å². The number of fused-ring (bicyclic) bond motifs is 1. The number of pyridine rings is 1. The lowest BCUT2D eigenvalue weighted by Gasteiger charge is -2.24. The molecule has 1 atom stereocenters. The van der Waals surface area contributed by atoms with Gasteiger partial charge in [-0.05, 0) is 37.0 Å². The summed E-state index contributed by atoms with van der Waals surface area (Å²) in [5.41, 5.74) is 2.13. The van der Waals surface area contributed by atoms with Crippen LogP contribution in [0.1, 0.15) is 30.9 Å². The van der Waals surface area contributed by atoms with Gasteiger partial charge in [-0.3, -0.25) is 0 Å². The Morgan fingerprint density at radius 1 is 1.24 bits per heavy atom. The number of halogens is 1. The van der Waals surface area contributed by atoms with E-state index in [4.69, 9.17) is 16.3 Å². The largest absolute Gasteiger partial charge is 0.374 e. The van der Waals surface area contributed by atoms with Crippen LogP contribution in [-0.2, 0) is 4.74 Å². The van der Waals surface area contributed by atoms with E-state index in [2.05, 4.69) is 11.1 Å². The summed E-state index contributed by atoms with van der Waals surface area (Å²) in [5, 5.41) is 1.71. The predicted molar refractivity (Wildman–Crippen MR) is 69.3 cm³/mol. The van der Waals surface area contributed by atoms with Gasteiger partial charge in [-0.1, -0.05) is 29.8 Å². The minimum atomic E-state index is 0.175. The highest BCUT2D eigenvalue weighted by Gasteiger charge is 2.19. The van der Waals surface area contributed by atoms with Crippen molar-refractivity contribution in [3.63, 3.8) is 0 Å². The molecule has 88 valence electrons. The van der Waals surface area contributed by atoms with Gasteiger partial charge in [0.05, 0.1) is 11.6 Å². The number of nitrogens with zero attached hydrogens (tertiary/aromatic N) is 1. The molecule has 2 heterocycles. The molecule has 0 amide bonds. The van der Waals surface area contributed by atoms with E-state index in [1.54, 1.807) is 0 Å². The summed E-state index contributed by atoms with van der Waals surface area (Å²) in [7, 11) is 0. The van der Waals surface area contributed by atoms with Crippen LogP contribution in [0, 0.1) is 0 Å². The van der Waals surface area contributed by atoms with E-state index in [-0.39, 0.29) is 6.10 Å². The van der Waals surface area contributed by atoms with Crippen molar-refractivity contribution in [1.82, 2.24) is 4.98 Å². The van der Waals surface area contributed by atoms with Crippen molar-refractivity contribution in [3.8, 4) is 0 Å². The molecule has 0 aliphatic carbocycles. The topological polar surface area (TPSA) is 22.1 Å². The highest BCUT2D eigenvalue weighted by atomic mass is 35.5. The molecule has 0 bridgehead atoms. The van der Waals surface area contributed by atoms with Crippen molar-refractivity contribution in [2.45, 2.75) is 25.4 Å². The van der Waals surface area contributed by atoms with Gasteiger partial charge >= 0.3 is 0 Å². The lowest BCUT2D eigenvalue weighted by atomic mass is 9.98. The lowest BCUT2D eigenvalue weighted by molar-refractivity contribution is 0.0158. The fourth-order valence-electron chi connectivity index (χ4n) is 2.42. The minimum absolute atomic E-state index is 0.175. The SMILES string of the molecule is Clc1cc([C@H]2CCCCO2)c2ccccc2n1. The Morgan fingerprint density at radius 2 is 2.12 bits per heavy atom. The molecule has 17 heavy (non-hydrogen) atoms. The van der Waals surface area contributed by atoms with Crippen molar-refractivity contribution in [1.29, 1.82) is 0 Å². The summed E-state index contributed by atoms with van der Waals surface area (Å²) in [4.78, 5) is 4.34. The van der Waals surface area contributed by atoms with Crippen LogP contribution in [0.15, 0.2) is 30.3 Å². The zero-order chi connectivity index (χ0) is 11.7. The van der Waals surface area contributed by atoms with Crippen LogP contribution in [0.4, 0.5) is 0 Å². The monoisotopic (exact) mass is 247 g/mol. The molecular weight excluding hydrogens is 234 g/mol. The summed E-state index contributed by atoms with van der Waals surface area (Å²) >= 11 is 6.08. The van der Waals surface area contributed by atoms with Gasteiger partial charge in [-0.25, -0.2) is 4.98 Å². The van der Waals surface area contributed by atoms with E-state index in [0.717, 1.165) is 30.4 Å². The summed E-state index contributed by atoms with van der Waals surface area (Å²) in [5.74, 6) is 0. The minimum Gasteiger partial charge on any atom is -0.374 e. The Hall–Kier alpha value is -1.12. The van der Waals surface area contributed by atoms with Gasteiger partial charge in [0.2, 0.25) is 0 Å². The standard InChI is InChI=1S/C14H14ClNO/c15-14-9-11(13-7-3-4-8-17-13)10-5-1-2-6-12(10)16-14/h1-2,5-6,9,13H,3-4,7-8H2/t13-/m1/s1. The van der Waals surface area contributed by atoms with Crippen LogP contribution >= 0.6 is 11.6 Å². The van der Waals surface area contributed by atoms with Crippen molar-refractivity contribution in [2.24, 2.45) is 0 Å². The summed E-state index contributed by atoms with van der Waals surface area (Å²) in [6, 6.07) is 10.0. The van der Waals surface area contributed by atoms with Gasteiger partial charge in [-0.2, -0.15) is 0 Å². The van der Waals surface area contributed by atoms with Gasteiger partial charge in [-0.15, -0.1) is 0 Å². The smallest absolute Gasteiger partial charge is 0.130 e. The van der Waals surface area contributed by atoms with Gasteiger partial charge in [0.15, 0.2) is 0 Å². The molecule has 3 heteroatoms. The van der Waals surface area contributed by atoms with E-state index in [1.807, 2.05) is 24.3 Å². The molecule has 3 rings (SSSR count). The third kappa shape index (κ3) is 2.15. The van der Waals surface area contributed by atoms with Gasteiger partial charge in [0, 0.05) is 12.0 Å². The average molecular weight is 248 g/mol.